The molecular formula is C20H26N6O2. The van der Waals surface area contributed by atoms with Crippen molar-refractivity contribution >= 4 is 23.5 Å². The lowest BCUT2D eigenvalue weighted by molar-refractivity contribution is -0.124. The van der Waals surface area contributed by atoms with Crippen LogP contribution >= 0.6 is 0 Å². The lowest BCUT2D eigenvalue weighted by Gasteiger charge is -2.22. The highest BCUT2D eigenvalue weighted by Crippen LogP contribution is 2.22. The summed E-state index contributed by atoms with van der Waals surface area (Å²) in [6.07, 6.45) is 6.97. The molecule has 0 radical (unpaired) electrons. The van der Waals surface area contributed by atoms with Crippen molar-refractivity contribution in [1.82, 2.24) is 20.3 Å². The van der Waals surface area contributed by atoms with Gasteiger partial charge < -0.3 is 10.2 Å². The normalized spacial score (nSPS) is 17.0. The number of hydrogen-bond acceptors (Lipinski definition) is 7. The highest BCUT2D eigenvalue weighted by molar-refractivity contribution is 5.90. The van der Waals surface area contributed by atoms with E-state index in [0.717, 1.165) is 26.1 Å². The van der Waals surface area contributed by atoms with E-state index in [2.05, 4.69) is 63.4 Å². The topological polar surface area (TPSA) is 93.6 Å². The second-order valence-corrected chi connectivity index (χ2v) is 7.02. The molecule has 3 rings (SSSR count). The molecule has 0 saturated carbocycles. The van der Waals surface area contributed by atoms with Gasteiger partial charge in [0.15, 0.2) is 0 Å². The van der Waals surface area contributed by atoms with E-state index in [1.807, 2.05) is 0 Å². The van der Waals surface area contributed by atoms with E-state index >= 15 is 0 Å². The predicted octanol–water partition coefficient (Wildman–Crippen LogP) is 1.75. The van der Waals surface area contributed by atoms with E-state index in [1.54, 1.807) is 12.4 Å². The minimum absolute atomic E-state index is 0.322. The Morgan fingerprint density at radius 3 is 2.86 bits per heavy atom. The SMILES string of the molecule is CN(C)c1ccccc1CN1CC[C@@H](Nc2cnc(C=CC(=O)NO)cn2)C1. The zero-order chi connectivity index (χ0) is 19.9. The van der Waals surface area contributed by atoms with Gasteiger partial charge in [-0.2, -0.15) is 0 Å². The number of hydrogen-bond donors (Lipinski definition) is 3. The maximum atomic E-state index is 11.0. The number of amides is 1. The molecule has 8 heteroatoms. The molecule has 0 aliphatic carbocycles. The molecule has 1 atom stereocenters. The summed E-state index contributed by atoms with van der Waals surface area (Å²) < 4.78 is 0. The van der Waals surface area contributed by atoms with Crippen LogP contribution in [-0.2, 0) is 11.3 Å². The van der Waals surface area contributed by atoms with Crippen molar-refractivity contribution in [3.63, 3.8) is 0 Å². The molecule has 1 aromatic heterocycles. The molecule has 1 amide bonds. The number of rotatable bonds is 7. The third-order valence-corrected chi connectivity index (χ3v) is 4.68. The summed E-state index contributed by atoms with van der Waals surface area (Å²) in [4.78, 5) is 24.2. The van der Waals surface area contributed by atoms with Crippen LogP contribution in [0.2, 0.25) is 0 Å². The van der Waals surface area contributed by atoms with Crippen molar-refractivity contribution in [2.75, 3.05) is 37.4 Å². The smallest absolute Gasteiger partial charge is 0.267 e. The van der Waals surface area contributed by atoms with E-state index in [4.69, 9.17) is 5.21 Å². The van der Waals surface area contributed by atoms with Crippen LogP contribution in [0.25, 0.3) is 6.08 Å². The van der Waals surface area contributed by atoms with Crippen LogP contribution in [0.3, 0.4) is 0 Å². The zero-order valence-electron chi connectivity index (χ0n) is 16.2. The van der Waals surface area contributed by atoms with Gasteiger partial charge in [0, 0.05) is 51.5 Å². The summed E-state index contributed by atoms with van der Waals surface area (Å²) in [6, 6.07) is 8.81. The number of anilines is 2. The molecular weight excluding hydrogens is 356 g/mol. The molecule has 1 aromatic carbocycles. The summed E-state index contributed by atoms with van der Waals surface area (Å²) in [5, 5.41) is 11.9. The van der Waals surface area contributed by atoms with E-state index < -0.39 is 5.91 Å². The maximum absolute atomic E-state index is 11.0. The van der Waals surface area contributed by atoms with Crippen molar-refractivity contribution in [3.05, 3.63) is 54.0 Å². The molecule has 8 nitrogen and oxygen atoms in total. The minimum atomic E-state index is -0.606. The first-order valence-corrected chi connectivity index (χ1v) is 9.23. The molecule has 1 fully saturated rings. The van der Waals surface area contributed by atoms with Gasteiger partial charge in [-0.15, -0.1) is 0 Å². The largest absolute Gasteiger partial charge is 0.377 e. The van der Waals surface area contributed by atoms with Crippen LogP contribution in [-0.4, -0.2) is 59.2 Å². The predicted molar refractivity (Wildman–Crippen MR) is 109 cm³/mol. The molecule has 1 saturated heterocycles. The average molecular weight is 382 g/mol. The van der Waals surface area contributed by atoms with Crippen LogP contribution in [0.4, 0.5) is 11.5 Å². The van der Waals surface area contributed by atoms with Crippen molar-refractivity contribution in [2.24, 2.45) is 0 Å². The first-order chi connectivity index (χ1) is 13.5. The number of benzene rings is 1. The van der Waals surface area contributed by atoms with E-state index in [0.29, 0.717) is 17.6 Å². The van der Waals surface area contributed by atoms with Gasteiger partial charge in [0.05, 0.1) is 18.1 Å². The number of aromatic nitrogens is 2. The summed E-state index contributed by atoms with van der Waals surface area (Å²) in [7, 11) is 4.14. The number of nitrogens with zero attached hydrogens (tertiary/aromatic N) is 4. The summed E-state index contributed by atoms with van der Waals surface area (Å²) in [6.45, 7) is 2.90. The second-order valence-electron chi connectivity index (χ2n) is 7.02. The van der Waals surface area contributed by atoms with Gasteiger partial charge in [0.1, 0.15) is 5.82 Å². The van der Waals surface area contributed by atoms with Crippen molar-refractivity contribution in [1.29, 1.82) is 0 Å². The minimum Gasteiger partial charge on any atom is -0.377 e. The molecule has 2 aromatic rings. The van der Waals surface area contributed by atoms with Crippen LogP contribution in [0.1, 0.15) is 17.7 Å². The highest BCUT2D eigenvalue weighted by atomic mass is 16.5. The van der Waals surface area contributed by atoms with Crippen LogP contribution in [0.5, 0.6) is 0 Å². The number of hydroxylamine groups is 1. The average Bonchev–Trinajstić information content (AvgIpc) is 3.14. The fraction of sp³-hybridized carbons (Fsp3) is 0.350. The molecule has 3 N–H and O–H groups in total. The molecule has 0 spiro atoms. The Bertz CT molecular complexity index is 822. The third kappa shape index (κ3) is 5.28. The summed E-state index contributed by atoms with van der Waals surface area (Å²) in [5.74, 6) is 0.107. The van der Waals surface area contributed by atoms with Crippen LogP contribution < -0.4 is 15.7 Å². The van der Waals surface area contributed by atoms with Gasteiger partial charge in [-0.1, -0.05) is 18.2 Å². The van der Waals surface area contributed by atoms with Gasteiger partial charge in [-0.25, -0.2) is 10.5 Å². The molecule has 28 heavy (non-hydrogen) atoms. The fourth-order valence-corrected chi connectivity index (χ4v) is 3.32. The van der Waals surface area contributed by atoms with Crippen molar-refractivity contribution in [2.45, 2.75) is 19.0 Å². The number of carbonyl (C=O) groups is 1. The fourth-order valence-electron chi connectivity index (χ4n) is 3.32. The molecule has 2 heterocycles. The molecule has 148 valence electrons. The lowest BCUT2D eigenvalue weighted by atomic mass is 10.1. The van der Waals surface area contributed by atoms with Gasteiger partial charge in [-0.3, -0.25) is 19.9 Å². The molecule has 0 unspecified atom stereocenters. The molecule has 0 bridgehead atoms. The van der Waals surface area contributed by atoms with Gasteiger partial charge in [-0.05, 0) is 24.1 Å². The quantitative estimate of drug-likeness (QED) is 0.382. The monoisotopic (exact) mass is 382 g/mol. The van der Waals surface area contributed by atoms with E-state index in [9.17, 15) is 4.79 Å². The zero-order valence-corrected chi connectivity index (χ0v) is 16.2. The Morgan fingerprint density at radius 1 is 1.32 bits per heavy atom. The van der Waals surface area contributed by atoms with Crippen molar-refractivity contribution < 1.29 is 10.0 Å². The molecule has 1 aliphatic heterocycles. The Balaban J connectivity index is 1.54. The maximum Gasteiger partial charge on any atom is 0.267 e. The Kier molecular flexibility index (Phi) is 6.57. The first kappa shape index (κ1) is 19.8. The van der Waals surface area contributed by atoms with Crippen molar-refractivity contribution in [3.8, 4) is 0 Å². The summed E-state index contributed by atoms with van der Waals surface area (Å²) in [5.41, 5.74) is 4.66. The number of nitrogens with one attached hydrogen (secondary N) is 2. The summed E-state index contributed by atoms with van der Waals surface area (Å²) >= 11 is 0. The second kappa shape index (κ2) is 9.29. The Morgan fingerprint density at radius 2 is 2.14 bits per heavy atom. The number of likely N-dealkylation sites (tertiary alicyclic amines) is 1. The van der Waals surface area contributed by atoms with Crippen LogP contribution in [0, 0.1) is 0 Å². The standard InChI is InChI=1S/C20H26N6O2/c1-25(2)18-6-4-3-5-15(18)13-26-10-9-17(14-26)23-19-12-21-16(11-22-19)7-8-20(27)24-28/h3-8,11-12,17,28H,9-10,13-14H2,1-2H3,(H,22,23)(H,24,27)/t17-/m1/s1. The van der Waals surface area contributed by atoms with E-state index in [1.165, 1.54) is 28.9 Å². The Labute approximate surface area is 164 Å². The molecule has 1 aliphatic rings. The van der Waals surface area contributed by atoms with Gasteiger partial charge in [0.25, 0.3) is 5.91 Å². The van der Waals surface area contributed by atoms with E-state index in [-0.39, 0.29) is 0 Å². The first-order valence-electron chi connectivity index (χ1n) is 9.23. The van der Waals surface area contributed by atoms with Gasteiger partial charge >= 0.3 is 0 Å². The highest BCUT2D eigenvalue weighted by Gasteiger charge is 2.23. The van der Waals surface area contributed by atoms with Crippen LogP contribution in [0.15, 0.2) is 42.7 Å². The lowest BCUT2D eigenvalue weighted by Crippen LogP contribution is -2.27. The number of carbonyl (C=O) groups excluding carboxylic acids is 1. The third-order valence-electron chi connectivity index (χ3n) is 4.68. The van der Waals surface area contributed by atoms with Gasteiger partial charge in [0.2, 0.25) is 0 Å². The number of para-hydroxylation sites is 1. The Hall–Kier alpha value is -2.97.